The maximum Gasteiger partial charge on any atom is 0.223 e. The van der Waals surface area contributed by atoms with Crippen molar-refractivity contribution in [2.75, 3.05) is 0 Å². The quantitative estimate of drug-likeness (QED) is 0.687. The predicted molar refractivity (Wildman–Crippen MR) is 72.8 cm³/mol. The topological polar surface area (TPSA) is 55.1 Å². The van der Waals surface area contributed by atoms with Crippen LogP contribution in [0.5, 0.6) is 0 Å². The van der Waals surface area contributed by atoms with Crippen LogP contribution in [-0.4, -0.2) is 15.0 Å². The molecule has 1 N–H and O–H groups in total. The van der Waals surface area contributed by atoms with E-state index < -0.39 is 0 Å². The van der Waals surface area contributed by atoms with E-state index in [4.69, 9.17) is 18.2 Å². The molecule has 0 fully saturated rings. The summed E-state index contributed by atoms with van der Waals surface area (Å²) in [6.07, 6.45) is 3.42. The first-order valence-electron chi connectivity index (χ1n) is 5.74. The Morgan fingerprint density at radius 1 is 1.37 bits per heavy atom. The lowest BCUT2D eigenvalue weighted by atomic mass is 10.2. The zero-order valence-corrected chi connectivity index (χ0v) is 11.1. The SMILES string of the molecule is [C-]#[N+]c1ccc(CN[C@H](C)c2ncccn2)nc1Cl. The predicted octanol–water partition coefficient (Wildman–Crippen LogP) is 2.93. The number of pyridine rings is 1. The maximum atomic E-state index is 6.91. The van der Waals surface area contributed by atoms with Crippen LogP contribution in [-0.2, 0) is 6.54 Å². The van der Waals surface area contributed by atoms with Gasteiger partial charge in [0.2, 0.25) is 5.69 Å². The molecule has 0 amide bonds. The zero-order chi connectivity index (χ0) is 13.7. The second-order valence-corrected chi connectivity index (χ2v) is 4.29. The summed E-state index contributed by atoms with van der Waals surface area (Å²) in [6.45, 7) is 9.42. The average Bonchev–Trinajstić information content (AvgIpc) is 2.46. The van der Waals surface area contributed by atoms with Crippen molar-refractivity contribution >= 4 is 17.3 Å². The summed E-state index contributed by atoms with van der Waals surface area (Å²) in [5.41, 5.74) is 1.14. The lowest BCUT2D eigenvalue weighted by Crippen LogP contribution is -2.20. The Bertz CT molecular complexity index is 594. The first kappa shape index (κ1) is 13.4. The monoisotopic (exact) mass is 273 g/mol. The highest BCUT2D eigenvalue weighted by Crippen LogP contribution is 2.22. The minimum absolute atomic E-state index is 0.0160. The highest BCUT2D eigenvalue weighted by atomic mass is 35.5. The maximum absolute atomic E-state index is 6.91. The Morgan fingerprint density at radius 2 is 2.11 bits per heavy atom. The lowest BCUT2D eigenvalue weighted by Gasteiger charge is -2.11. The van der Waals surface area contributed by atoms with Crippen LogP contribution in [0.15, 0.2) is 30.6 Å². The first-order valence-corrected chi connectivity index (χ1v) is 6.11. The third kappa shape index (κ3) is 3.47. The van der Waals surface area contributed by atoms with Gasteiger partial charge in [0.25, 0.3) is 0 Å². The minimum atomic E-state index is 0.0160. The Hall–Kier alpha value is -2.03. The van der Waals surface area contributed by atoms with Crippen LogP contribution in [0.25, 0.3) is 4.85 Å². The molecule has 0 bridgehead atoms. The van der Waals surface area contributed by atoms with E-state index in [2.05, 4.69) is 25.1 Å². The lowest BCUT2D eigenvalue weighted by molar-refractivity contribution is 0.540. The molecule has 2 rings (SSSR count). The minimum Gasteiger partial charge on any atom is -0.302 e. The summed E-state index contributed by atoms with van der Waals surface area (Å²) in [4.78, 5) is 15.8. The highest BCUT2D eigenvalue weighted by Gasteiger charge is 2.08. The average molecular weight is 274 g/mol. The van der Waals surface area contributed by atoms with Crippen LogP contribution in [0.3, 0.4) is 0 Å². The molecule has 0 aliphatic carbocycles. The molecular weight excluding hydrogens is 262 g/mol. The fraction of sp³-hybridized carbons (Fsp3) is 0.231. The van der Waals surface area contributed by atoms with Crippen molar-refractivity contribution in [2.24, 2.45) is 0 Å². The van der Waals surface area contributed by atoms with Crippen molar-refractivity contribution in [3.63, 3.8) is 0 Å². The Kier molecular flexibility index (Phi) is 4.39. The van der Waals surface area contributed by atoms with Crippen LogP contribution in [0, 0.1) is 6.57 Å². The fourth-order valence-corrected chi connectivity index (χ4v) is 1.74. The van der Waals surface area contributed by atoms with Gasteiger partial charge >= 0.3 is 0 Å². The number of nitrogens with zero attached hydrogens (tertiary/aromatic N) is 4. The summed E-state index contributed by atoms with van der Waals surface area (Å²) < 4.78 is 0. The van der Waals surface area contributed by atoms with Crippen LogP contribution >= 0.6 is 11.6 Å². The number of hydrogen-bond acceptors (Lipinski definition) is 4. The molecule has 0 spiro atoms. The largest absolute Gasteiger partial charge is 0.302 e. The molecular formula is C13H12ClN5. The van der Waals surface area contributed by atoms with Gasteiger partial charge in [0.05, 0.1) is 18.3 Å². The van der Waals surface area contributed by atoms with Gasteiger partial charge in [-0.25, -0.2) is 14.8 Å². The van der Waals surface area contributed by atoms with Gasteiger partial charge in [-0.2, -0.15) is 0 Å². The molecule has 6 heteroatoms. The molecule has 0 saturated carbocycles. The van der Waals surface area contributed by atoms with E-state index >= 15 is 0 Å². The molecule has 2 aromatic heterocycles. The fourth-order valence-electron chi connectivity index (χ4n) is 1.53. The molecule has 0 saturated heterocycles. The van der Waals surface area contributed by atoms with Gasteiger partial charge in [-0.3, -0.25) is 4.98 Å². The number of nitrogens with one attached hydrogen (secondary N) is 1. The summed E-state index contributed by atoms with van der Waals surface area (Å²) in [6, 6.07) is 5.25. The summed E-state index contributed by atoms with van der Waals surface area (Å²) in [7, 11) is 0. The first-order chi connectivity index (χ1) is 9.20. The second kappa shape index (κ2) is 6.23. The molecule has 96 valence electrons. The molecule has 2 heterocycles. The van der Waals surface area contributed by atoms with Crippen molar-refractivity contribution in [1.29, 1.82) is 0 Å². The third-order valence-electron chi connectivity index (χ3n) is 2.57. The molecule has 0 aromatic carbocycles. The van der Waals surface area contributed by atoms with Crippen molar-refractivity contribution in [1.82, 2.24) is 20.3 Å². The van der Waals surface area contributed by atoms with Crippen molar-refractivity contribution in [3.8, 4) is 0 Å². The van der Waals surface area contributed by atoms with Crippen molar-refractivity contribution < 1.29 is 0 Å². The summed E-state index contributed by atoms with van der Waals surface area (Å²) in [5.74, 6) is 0.728. The van der Waals surface area contributed by atoms with Crippen molar-refractivity contribution in [2.45, 2.75) is 19.5 Å². The number of rotatable bonds is 4. The molecule has 0 unspecified atom stereocenters. The van der Waals surface area contributed by atoms with Crippen LogP contribution < -0.4 is 5.32 Å². The molecule has 19 heavy (non-hydrogen) atoms. The van der Waals surface area contributed by atoms with E-state index in [1.807, 2.05) is 6.92 Å². The van der Waals surface area contributed by atoms with E-state index in [1.165, 1.54) is 0 Å². The van der Waals surface area contributed by atoms with Gasteiger partial charge in [0.1, 0.15) is 11.0 Å². The normalized spacial score (nSPS) is 11.8. The van der Waals surface area contributed by atoms with E-state index in [-0.39, 0.29) is 11.2 Å². The van der Waals surface area contributed by atoms with E-state index in [1.54, 1.807) is 30.6 Å². The number of halogens is 1. The van der Waals surface area contributed by atoms with E-state index in [0.29, 0.717) is 12.2 Å². The Balaban J connectivity index is 2.00. The van der Waals surface area contributed by atoms with E-state index in [0.717, 1.165) is 11.5 Å². The highest BCUT2D eigenvalue weighted by molar-refractivity contribution is 6.32. The van der Waals surface area contributed by atoms with Crippen LogP contribution in [0.4, 0.5) is 5.69 Å². The summed E-state index contributed by atoms with van der Waals surface area (Å²) in [5, 5.41) is 3.49. The smallest absolute Gasteiger partial charge is 0.223 e. The van der Waals surface area contributed by atoms with Crippen LogP contribution in [0.2, 0.25) is 5.15 Å². The zero-order valence-electron chi connectivity index (χ0n) is 10.3. The standard InChI is InChI=1S/C13H12ClN5/c1-9(13-16-6-3-7-17-13)18-8-10-4-5-11(15-2)12(14)19-10/h3-7,9,18H,8H2,1H3/t9-/m1/s1. The molecule has 1 atom stereocenters. The third-order valence-corrected chi connectivity index (χ3v) is 2.85. The van der Waals surface area contributed by atoms with Crippen LogP contribution in [0.1, 0.15) is 24.5 Å². The molecule has 2 aromatic rings. The van der Waals surface area contributed by atoms with Gasteiger partial charge < -0.3 is 5.32 Å². The number of hydrogen-bond donors (Lipinski definition) is 1. The molecule has 5 nitrogen and oxygen atoms in total. The van der Waals surface area contributed by atoms with Gasteiger partial charge in [0, 0.05) is 18.9 Å². The van der Waals surface area contributed by atoms with E-state index in [9.17, 15) is 0 Å². The van der Waals surface area contributed by atoms with Gasteiger partial charge in [-0.05, 0) is 19.1 Å². The van der Waals surface area contributed by atoms with Gasteiger partial charge in [-0.1, -0.05) is 17.7 Å². The Morgan fingerprint density at radius 3 is 2.74 bits per heavy atom. The molecule has 0 aliphatic heterocycles. The molecule has 0 aliphatic rings. The Labute approximate surface area is 116 Å². The number of aromatic nitrogens is 3. The van der Waals surface area contributed by atoms with Gasteiger partial charge in [0.15, 0.2) is 0 Å². The van der Waals surface area contributed by atoms with Crippen molar-refractivity contribution in [3.05, 3.63) is 58.7 Å². The molecule has 0 radical (unpaired) electrons. The summed E-state index contributed by atoms with van der Waals surface area (Å²) >= 11 is 5.88. The second-order valence-electron chi connectivity index (χ2n) is 3.93. The van der Waals surface area contributed by atoms with Gasteiger partial charge in [-0.15, -0.1) is 0 Å².